The van der Waals surface area contributed by atoms with Crippen LogP contribution in [0.15, 0.2) is 0 Å². The van der Waals surface area contributed by atoms with Gasteiger partial charge in [0.05, 0.1) is 0 Å². The summed E-state index contributed by atoms with van der Waals surface area (Å²) >= 11 is 0. The molecule has 0 heterocycles. The van der Waals surface area contributed by atoms with Crippen LogP contribution < -0.4 is 0 Å². The molecule has 0 aromatic rings. The van der Waals surface area contributed by atoms with Gasteiger partial charge >= 0.3 is 17.9 Å². The van der Waals surface area contributed by atoms with E-state index >= 15 is 0 Å². The summed E-state index contributed by atoms with van der Waals surface area (Å²) < 4.78 is 16.8. The first-order valence-corrected chi connectivity index (χ1v) is 27.7. The Morgan fingerprint density at radius 2 is 0.532 bits per heavy atom. The van der Waals surface area contributed by atoms with E-state index in [9.17, 15) is 14.4 Å². The van der Waals surface area contributed by atoms with E-state index in [4.69, 9.17) is 14.2 Å². The molecule has 0 unspecified atom stereocenters. The van der Waals surface area contributed by atoms with Gasteiger partial charge < -0.3 is 14.2 Å². The molecular formula is C56H108O6. The minimum Gasteiger partial charge on any atom is -0.462 e. The van der Waals surface area contributed by atoms with Crippen LogP contribution in [0.4, 0.5) is 0 Å². The van der Waals surface area contributed by atoms with Crippen molar-refractivity contribution in [3.05, 3.63) is 0 Å². The number of carbonyl (C=O) groups excluding carboxylic acids is 3. The van der Waals surface area contributed by atoms with Crippen LogP contribution in [0, 0.1) is 11.8 Å². The maximum Gasteiger partial charge on any atom is 0.306 e. The van der Waals surface area contributed by atoms with Crippen molar-refractivity contribution in [3.8, 4) is 0 Å². The zero-order valence-electron chi connectivity index (χ0n) is 42.5. The third-order valence-corrected chi connectivity index (χ3v) is 12.7. The molecule has 0 rings (SSSR count). The van der Waals surface area contributed by atoms with Crippen molar-refractivity contribution in [3.63, 3.8) is 0 Å². The zero-order valence-corrected chi connectivity index (χ0v) is 42.5. The van der Waals surface area contributed by atoms with E-state index in [0.29, 0.717) is 19.3 Å². The van der Waals surface area contributed by atoms with Crippen LogP contribution in [0.3, 0.4) is 0 Å². The Morgan fingerprint density at radius 1 is 0.306 bits per heavy atom. The molecule has 62 heavy (non-hydrogen) atoms. The highest BCUT2D eigenvalue weighted by Gasteiger charge is 2.19. The summed E-state index contributed by atoms with van der Waals surface area (Å²) in [6.07, 6.45) is 51.1. The van der Waals surface area contributed by atoms with Gasteiger partial charge in [0.1, 0.15) is 13.2 Å². The molecule has 0 amide bonds. The molecule has 0 fully saturated rings. The van der Waals surface area contributed by atoms with Gasteiger partial charge in [-0.3, -0.25) is 14.4 Å². The Kier molecular flexibility index (Phi) is 47.6. The van der Waals surface area contributed by atoms with Gasteiger partial charge in [0.15, 0.2) is 6.10 Å². The summed E-state index contributed by atoms with van der Waals surface area (Å²) in [7, 11) is 0. The van der Waals surface area contributed by atoms with E-state index in [2.05, 4.69) is 34.6 Å². The topological polar surface area (TPSA) is 78.9 Å². The van der Waals surface area contributed by atoms with Gasteiger partial charge in [-0.2, -0.15) is 0 Å². The molecule has 0 aliphatic heterocycles. The number of esters is 3. The summed E-state index contributed by atoms with van der Waals surface area (Å²) in [5.74, 6) is 0.760. The fourth-order valence-electron chi connectivity index (χ4n) is 8.52. The molecule has 6 nitrogen and oxygen atoms in total. The second kappa shape index (κ2) is 48.9. The molecule has 1 atom stereocenters. The number of carbonyl (C=O) groups is 3. The van der Waals surface area contributed by atoms with Crippen LogP contribution in [0.25, 0.3) is 0 Å². The quantitative estimate of drug-likeness (QED) is 0.0344. The first-order valence-electron chi connectivity index (χ1n) is 27.7. The van der Waals surface area contributed by atoms with Crippen LogP contribution in [0.5, 0.6) is 0 Å². The van der Waals surface area contributed by atoms with Crippen molar-refractivity contribution in [1.82, 2.24) is 0 Å². The number of unbranched alkanes of at least 4 members (excludes halogenated alkanes) is 35. The zero-order chi connectivity index (χ0) is 45.4. The number of ether oxygens (including phenoxy) is 3. The van der Waals surface area contributed by atoms with Gasteiger partial charge in [0.2, 0.25) is 0 Å². The number of hydrogen-bond acceptors (Lipinski definition) is 6. The van der Waals surface area contributed by atoms with Crippen molar-refractivity contribution in [1.29, 1.82) is 0 Å². The van der Waals surface area contributed by atoms with Crippen molar-refractivity contribution < 1.29 is 28.6 Å². The second-order valence-corrected chi connectivity index (χ2v) is 20.2. The maximum absolute atomic E-state index is 12.8. The van der Waals surface area contributed by atoms with Gasteiger partial charge in [0, 0.05) is 19.3 Å². The average Bonchev–Trinajstić information content (AvgIpc) is 3.24. The largest absolute Gasteiger partial charge is 0.462 e. The van der Waals surface area contributed by atoms with Crippen LogP contribution in [0.2, 0.25) is 0 Å². The molecule has 0 aliphatic carbocycles. The normalized spacial score (nSPS) is 12.0. The predicted octanol–water partition coefficient (Wildman–Crippen LogP) is 18.1. The van der Waals surface area contributed by atoms with E-state index in [1.54, 1.807) is 0 Å². The molecule has 0 saturated heterocycles. The molecule has 0 bridgehead atoms. The van der Waals surface area contributed by atoms with Gasteiger partial charge in [-0.15, -0.1) is 0 Å². The first-order chi connectivity index (χ1) is 30.2. The predicted molar refractivity (Wildman–Crippen MR) is 266 cm³/mol. The van der Waals surface area contributed by atoms with E-state index in [-0.39, 0.29) is 31.1 Å². The fourth-order valence-corrected chi connectivity index (χ4v) is 8.52. The Bertz CT molecular complexity index is 947. The Labute approximate surface area is 387 Å². The summed E-state index contributed by atoms with van der Waals surface area (Å²) in [6.45, 7) is 11.3. The molecule has 0 aromatic heterocycles. The van der Waals surface area contributed by atoms with Crippen molar-refractivity contribution in [2.45, 2.75) is 317 Å². The monoisotopic (exact) mass is 877 g/mol. The van der Waals surface area contributed by atoms with Crippen LogP contribution in [0.1, 0.15) is 311 Å². The summed E-state index contributed by atoms with van der Waals surface area (Å²) in [6, 6.07) is 0. The third kappa shape index (κ3) is 49.4. The first kappa shape index (κ1) is 60.4. The molecule has 0 N–H and O–H groups in total. The summed E-state index contributed by atoms with van der Waals surface area (Å²) in [5.41, 5.74) is 0. The van der Waals surface area contributed by atoms with Gasteiger partial charge in [-0.1, -0.05) is 272 Å². The lowest BCUT2D eigenvalue weighted by Crippen LogP contribution is -2.30. The minimum absolute atomic E-state index is 0.0640. The van der Waals surface area contributed by atoms with E-state index in [0.717, 1.165) is 69.6 Å². The third-order valence-electron chi connectivity index (χ3n) is 12.7. The lowest BCUT2D eigenvalue weighted by Gasteiger charge is -2.18. The molecule has 0 radical (unpaired) electrons. The Balaban J connectivity index is 4.23. The van der Waals surface area contributed by atoms with E-state index in [1.807, 2.05) is 0 Å². The second-order valence-electron chi connectivity index (χ2n) is 20.2. The van der Waals surface area contributed by atoms with Gasteiger partial charge in [-0.05, 0) is 31.1 Å². The Hall–Kier alpha value is -1.59. The summed E-state index contributed by atoms with van der Waals surface area (Å²) in [4.78, 5) is 38.0. The van der Waals surface area contributed by atoms with Crippen molar-refractivity contribution >= 4 is 17.9 Å². The highest BCUT2D eigenvalue weighted by atomic mass is 16.6. The molecular weight excluding hydrogens is 769 g/mol. The SMILES string of the molecule is CCCCCCCCCCCCCCCCCCCCC(=O)O[C@@H](COC(=O)CCCCCCCCCCCCCCCCC(C)C)COC(=O)CCCCCCCCC(C)C. The van der Waals surface area contributed by atoms with E-state index in [1.165, 1.54) is 199 Å². The molecule has 0 aromatic carbocycles. The van der Waals surface area contributed by atoms with Crippen molar-refractivity contribution in [2.75, 3.05) is 13.2 Å². The number of rotatable bonds is 50. The Morgan fingerprint density at radius 3 is 0.790 bits per heavy atom. The lowest BCUT2D eigenvalue weighted by molar-refractivity contribution is -0.167. The molecule has 0 spiro atoms. The van der Waals surface area contributed by atoms with Gasteiger partial charge in [0.25, 0.3) is 0 Å². The molecule has 0 saturated carbocycles. The number of hydrogen-bond donors (Lipinski definition) is 0. The van der Waals surface area contributed by atoms with Gasteiger partial charge in [-0.25, -0.2) is 0 Å². The molecule has 0 aliphatic rings. The smallest absolute Gasteiger partial charge is 0.306 e. The lowest BCUT2D eigenvalue weighted by atomic mass is 10.0. The van der Waals surface area contributed by atoms with Crippen LogP contribution in [-0.2, 0) is 28.6 Å². The summed E-state index contributed by atoms with van der Waals surface area (Å²) in [5, 5.41) is 0. The highest BCUT2D eigenvalue weighted by molar-refractivity contribution is 5.71. The van der Waals surface area contributed by atoms with E-state index < -0.39 is 6.10 Å². The standard InChI is InChI=1S/C56H108O6/c1-6-7-8-9-10-11-12-13-14-15-16-17-22-25-28-31-38-43-48-56(59)62-53(50-61-55(58)47-42-37-33-32-35-40-45-52(4)5)49-60-54(57)46-41-36-30-27-24-21-19-18-20-23-26-29-34-39-44-51(2)3/h51-53H,6-50H2,1-5H3/t53-/m0/s1. The molecule has 368 valence electrons. The molecule has 6 heteroatoms. The fraction of sp³-hybridized carbons (Fsp3) is 0.946. The van der Waals surface area contributed by atoms with Crippen molar-refractivity contribution in [2.24, 2.45) is 11.8 Å². The minimum atomic E-state index is -0.762. The highest BCUT2D eigenvalue weighted by Crippen LogP contribution is 2.18. The van der Waals surface area contributed by atoms with Crippen LogP contribution in [-0.4, -0.2) is 37.2 Å². The van der Waals surface area contributed by atoms with Crippen LogP contribution >= 0.6 is 0 Å². The maximum atomic E-state index is 12.8. The average molecular weight is 877 g/mol.